The second-order valence-electron chi connectivity index (χ2n) is 3.95. The maximum Gasteiger partial charge on any atom is 0.246 e. The molecule has 1 aromatic rings. The normalized spacial score (nSPS) is 14.7. The summed E-state index contributed by atoms with van der Waals surface area (Å²) in [5.41, 5.74) is 6.50. The molecule has 0 aliphatic carbocycles. The van der Waals surface area contributed by atoms with Gasteiger partial charge in [-0.3, -0.25) is 10.1 Å². The number of carbonyl (C=O) groups is 1. The van der Waals surface area contributed by atoms with Crippen molar-refractivity contribution in [3.63, 3.8) is 0 Å². The molecule has 0 aliphatic heterocycles. The Hall–Kier alpha value is -1.36. The molecule has 1 rings (SSSR count). The maximum absolute atomic E-state index is 11.7. The molecule has 0 fully saturated rings. The number of nitrogens with zero attached hydrogens (tertiary/aromatic N) is 1. The number of aromatic nitrogens is 1. The van der Waals surface area contributed by atoms with Gasteiger partial charge >= 0.3 is 0 Å². The van der Waals surface area contributed by atoms with Crippen LogP contribution in [0.2, 0.25) is 0 Å². The first kappa shape index (κ1) is 11.7. The quantitative estimate of drug-likeness (QED) is 0.790. The molecule has 0 aromatic carbocycles. The average molecular weight is 211 g/mol. The average Bonchev–Trinajstić information content (AvgIpc) is 2.49. The smallest absolute Gasteiger partial charge is 0.246 e. The zero-order valence-electron chi connectivity index (χ0n) is 9.55. The van der Waals surface area contributed by atoms with Gasteiger partial charge in [0.1, 0.15) is 0 Å². The van der Waals surface area contributed by atoms with Crippen molar-refractivity contribution in [2.24, 2.45) is 5.73 Å². The van der Waals surface area contributed by atoms with Gasteiger partial charge in [-0.15, -0.1) is 0 Å². The van der Waals surface area contributed by atoms with Crippen molar-refractivity contribution in [3.05, 3.63) is 11.3 Å². The lowest BCUT2D eigenvalue weighted by Gasteiger charge is -2.20. The number of carbonyl (C=O) groups excluding carboxylic acids is 1. The zero-order chi connectivity index (χ0) is 11.6. The van der Waals surface area contributed by atoms with Gasteiger partial charge in [0.15, 0.2) is 0 Å². The Balaban J connectivity index is 2.79. The first-order valence-electron chi connectivity index (χ1n) is 4.91. The molecule has 0 radical (unpaired) electrons. The van der Waals surface area contributed by atoms with E-state index in [1.165, 1.54) is 0 Å². The number of hydrogen-bond donors (Lipinski definition) is 2. The predicted molar refractivity (Wildman–Crippen MR) is 57.5 cm³/mol. The molecule has 0 aliphatic rings. The van der Waals surface area contributed by atoms with Gasteiger partial charge in [0.25, 0.3) is 0 Å². The van der Waals surface area contributed by atoms with E-state index in [0.717, 1.165) is 11.3 Å². The summed E-state index contributed by atoms with van der Waals surface area (Å²) in [4.78, 5) is 11.7. The van der Waals surface area contributed by atoms with Gasteiger partial charge in [0.05, 0.1) is 11.2 Å². The Labute approximate surface area is 89.0 Å². The molecule has 84 valence electrons. The summed E-state index contributed by atoms with van der Waals surface area (Å²) in [6, 6.07) is 0. The third-order valence-corrected chi connectivity index (χ3v) is 2.64. The van der Waals surface area contributed by atoms with Crippen LogP contribution in [-0.4, -0.2) is 16.6 Å². The van der Waals surface area contributed by atoms with Crippen LogP contribution in [0.3, 0.4) is 0 Å². The minimum absolute atomic E-state index is 0.260. The Bertz CT molecular complexity index is 369. The topological polar surface area (TPSA) is 81.2 Å². The molecule has 1 heterocycles. The SMILES string of the molecule is CCC(C)(N)C(=O)Nc1onc(C)c1C. The number of nitrogens with one attached hydrogen (secondary N) is 1. The number of amides is 1. The Kier molecular flexibility index (Phi) is 3.14. The van der Waals surface area contributed by atoms with Crippen molar-refractivity contribution in [1.82, 2.24) is 5.16 Å². The molecule has 15 heavy (non-hydrogen) atoms. The molecule has 1 aromatic heterocycles. The molecule has 5 heteroatoms. The number of hydrogen-bond acceptors (Lipinski definition) is 4. The van der Waals surface area contributed by atoms with Crippen molar-refractivity contribution in [2.75, 3.05) is 5.32 Å². The third kappa shape index (κ3) is 2.36. The molecule has 3 N–H and O–H groups in total. The summed E-state index contributed by atoms with van der Waals surface area (Å²) in [6.45, 7) is 7.19. The molecule has 1 amide bonds. The fourth-order valence-electron chi connectivity index (χ4n) is 0.938. The number of nitrogens with two attached hydrogens (primary N) is 1. The fraction of sp³-hybridized carbons (Fsp3) is 0.600. The summed E-state index contributed by atoms with van der Waals surface area (Å²) in [6.07, 6.45) is 0.561. The zero-order valence-corrected chi connectivity index (χ0v) is 9.55. The minimum Gasteiger partial charge on any atom is -0.338 e. The lowest BCUT2D eigenvalue weighted by molar-refractivity contribution is -0.120. The van der Waals surface area contributed by atoms with Gasteiger partial charge in [-0.1, -0.05) is 12.1 Å². The van der Waals surface area contributed by atoms with E-state index in [9.17, 15) is 4.79 Å². The van der Waals surface area contributed by atoms with Gasteiger partial charge in [-0.05, 0) is 27.2 Å². The van der Waals surface area contributed by atoms with Crippen LogP contribution in [0.5, 0.6) is 0 Å². The highest BCUT2D eigenvalue weighted by molar-refractivity contribution is 5.97. The van der Waals surface area contributed by atoms with Crippen molar-refractivity contribution in [2.45, 2.75) is 39.7 Å². The fourth-order valence-corrected chi connectivity index (χ4v) is 0.938. The van der Waals surface area contributed by atoms with E-state index in [4.69, 9.17) is 10.3 Å². The minimum atomic E-state index is -0.882. The highest BCUT2D eigenvalue weighted by Gasteiger charge is 2.27. The van der Waals surface area contributed by atoms with Crippen molar-refractivity contribution >= 4 is 11.8 Å². The predicted octanol–water partition coefficient (Wildman–Crippen LogP) is 1.36. The van der Waals surface area contributed by atoms with E-state index in [1.54, 1.807) is 6.92 Å². The van der Waals surface area contributed by atoms with Gasteiger partial charge in [-0.25, -0.2) is 0 Å². The van der Waals surface area contributed by atoms with Gasteiger partial charge in [0, 0.05) is 5.56 Å². The third-order valence-electron chi connectivity index (χ3n) is 2.64. The summed E-state index contributed by atoms with van der Waals surface area (Å²) in [5.74, 6) is 0.117. The lowest BCUT2D eigenvalue weighted by Crippen LogP contribution is -2.47. The van der Waals surface area contributed by atoms with E-state index in [2.05, 4.69) is 10.5 Å². The maximum atomic E-state index is 11.7. The van der Waals surface area contributed by atoms with E-state index < -0.39 is 5.54 Å². The summed E-state index contributed by atoms with van der Waals surface area (Å²) in [7, 11) is 0. The highest BCUT2D eigenvalue weighted by Crippen LogP contribution is 2.19. The van der Waals surface area contributed by atoms with Gasteiger partial charge < -0.3 is 10.3 Å². The number of rotatable bonds is 3. The van der Waals surface area contributed by atoms with Crippen LogP contribution in [0.15, 0.2) is 4.52 Å². The molecule has 0 spiro atoms. The molecular weight excluding hydrogens is 194 g/mol. The Morgan fingerprint density at radius 1 is 1.60 bits per heavy atom. The molecule has 0 saturated carbocycles. The van der Waals surface area contributed by atoms with Gasteiger partial charge in [0.2, 0.25) is 11.8 Å². The number of aryl methyl sites for hydroxylation is 1. The van der Waals surface area contributed by atoms with Gasteiger partial charge in [-0.2, -0.15) is 0 Å². The van der Waals surface area contributed by atoms with Crippen molar-refractivity contribution in [3.8, 4) is 0 Å². The first-order valence-corrected chi connectivity index (χ1v) is 4.91. The molecule has 1 atom stereocenters. The summed E-state index contributed by atoms with van der Waals surface area (Å²) in [5, 5.41) is 6.38. The summed E-state index contributed by atoms with van der Waals surface area (Å²) < 4.78 is 4.97. The molecule has 5 nitrogen and oxygen atoms in total. The molecule has 0 saturated heterocycles. The second kappa shape index (κ2) is 4.02. The standard InChI is InChI=1S/C10H17N3O2/c1-5-10(4,11)9(14)12-8-6(2)7(3)13-15-8/h5,11H2,1-4H3,(H,12,14). The van der Waals surface area contributed by atoms with E-state index in [0.29, 0.717) is 12.3 Å². The van der Waals surface area contributed by atoms with Crippen LogP contribution < -0.4 is 11.1 Å². The Morgan fingerprint density at radius 2 is 2.20 bits per heavy atom. The van der Waals surface area contributed by atoms with E-state index in [-0.39, 0.29) is 5.91 Å². The lowest BCUT2D eigenvalue weighted by atomic mass is 9.99. The van der Waals surface area contributed by atoms with Crippen LogP contribution in [-0.2, 0) is 4.79 Å². The van der Waals surface area contributed by atoms with Crippen molar-refractivity contribution < 1.29 is 9.32 Å². The van der Waals surface area contributed by atoms with E-state index >= 15 is 0 Å². The van der Waals surface area contributed by atoms with E-state index in [1.807, 2.05) is 20.8 Å². The summed E-state index contributed by atoms with van der Waals surface area (Å²) >= 11 is 0. The second-order valence-corrected chi connectivity index (χ2v) is 3.95. The van der Waals surface area contributed by atoms with Crippen LogP contribution >= 0.6 is 0 Å². The van der Waals surface area contributed by atoms with Crippen LogP contribution in [0.1, 0.15) is 31.5 Å². The molecular formula is C10H17N3O2. The van der Waals surface area contributed by atoms with Crippen molar-refractivity contribution in [1.29, 1.82) is 0 Å². The van der Waals surface area contributed by atoms with Crippen LogP contribution in [0, 0.1) is 13.8 Å². The monoisotopic (exact) mass is 211 g/mol. The molecule has 1 unspecified atom stereocenters. The Morgan fingerprint density at radius 3 is 2.60 bits per heavy atom. The number of anilines is 1. The largest absolute Gasteiger partial charge is 0.338 e. The van der Waals surface area contributed by atoms with Crippen LogP contribution in [0.25, 0.3) is 0 Å². The molecule has 0 bridgehead atoms. The highest BCUT2D eigenvalue weighted by atomic mass is 16.5. The van der Waals surface area contributed by atoms with Crippen LogP contribution in [0.4, 0.5) is 5.88 Å². The first-order chi connectivity index (χ1) is 6.88.